The smallest absolute Gasteiger partial charge is 0.339 e. The second-order valence-corrected chi connectivity index (χ2v) is 5.60. The summed E-state index contributed by atoms with van der Waals surface area (Å²) in [6.07, 6.45) is 0. The number of hydrogen-bond donors (Lipinski definition) is 0. The van der Waals surface area contributed by atoms with Crippen molar-refractivity contribution in [2.24, 2.45) is 0 Å². The molecule has 0 bridgehead atoms. The van der Waals surface area contributed by atoms with Crippen LogP contribution in [0.3, 0.4) is 0 Å². The van der Waals surface area contributed by atoms with Crippen molar-refractivity contribution in [3.05, 3.63) is 63.2 Å². The Labute approximate surface area is 142 Å². The topological polar surface area (TPSA) is 52.6 Å². The highest BCUT2D eigenvalue weighted by atomic mass is 127. The molecular weight excluding hydrogens is 395 g/mol. The molecule has 2 rings (SSSR count). The van der Waals surface area contributed by atoms with Crippen LogP contribution in [-0.2, 0) is 4.74 Å². The summed E-state index contributed by atoms with van der Waals surface area (Å²) >= 11 is 2.06. The van der Waals surface area contributed by atoms with Crippen molar-refractivity contribution in [3.8, 4) is 5.75 Å². The molecule has 4 nitrogen and oxygen atoms in total. The normalized spacial score (nSPS) is 10.1. The predicted molar refractivity (Wildman–Crippen MR) is 91.4 cm³/mol. The Hall–Kier alpha value is -1.89. The van der Waals surface area contributed by atoms with Gasteiger partial charge in [-0.2, -0.15) is 0 Å². The molecule has 0 amide bonds. The molecule has 22 heavy (non-hydrogen) atoms. The number of benzene rings is 2. The number of carbonyl (C=O) groups excluding carboxylic acids is 2. The molecule has 0 aromatic heterocycles. The number of Topliss-reactive ketones (excluding diaryl/α,β-unsaturated/α-hetero) is 1. The highest BCUT2D eigenvalue weighted by Gasteiger charge is 2.14. The standard InChI is InChI=1S/C17H15IO4/c1-2-21-13-9-7-12(8-10-13)16(19)11-22-17(20)14-5-3-4-6-15(14)18/h3-10H,2,11H2,1H3. The average Bonchev–Trinajstić information content (AvgIpc) is 2.54. The number of ketones is 1. The lowest BCUT2D eigenvalue weighted by Crippen LogP contribution is -2.15. The zero-order valence-electron chi connectivity index (χ0n) is 12.0. The summed E-state index contributed by atoms with van der Waals surface area (Å²) < 4.78 is 11.2. The van der Waals surface area contributed by atoms with Crippen LogP contribution in [0.25, 0.3) is 0 Å². The molecule has 0 radical (unpaired) electrons. The number of esters is 1. The lowest BCUT2D eigenvalue weighted by Gasteiger charge is -2.07. The second kappa shape index (κ2) is 7.93. The lowest BCUT2D eigenvalue weighted by molar-refractivity contribution is 0.0473. The molecule has 114 valence electrons. The number of halogens is 1. The van der Waals surface area contributed by atoms with Gasteiger partial charge in [0.2, 0.25) is 0 Å². The van der Waals surface area contributed by atoms with Crippen LogP contribution in [0.1, 0.15) is 27.6 Å². The molecule has 0 aliphatic heterocycles. The van der Waals surface area contributed by atoms with E-state index in [1.807, 2.05) is 19.1 Å². The molecule has 0 aliphatic carbocycles. The quantitative estimate of drug-likeness (QED) is 0.414. The van der Waals surface area contributed by atoms with E-state index in [-0.39, 0.29) is 12.4 Å². The molecule has 0 heterocycles. The van der Waals surface area contributed by atoms with E-state index >= 15 is 0 Å². The van der Waals surface area contributed by atoms with Crippen LogP contribution in [-0.4, -0.2) is 25.0 Å². The van der Waals surface area contributed by atoms with Crippen LogP contribution in [0, 0.1) is 3.57 Å². The first-order valence-corrected chi connectivity index (χ1v) is 7.87. The molecule has 0 saturated heterocycles. The van der Waals surface area contributed by atoms with Crippen molar-refractivity contribution >= 4 is 34.3 Å². The second-order valence-electron chi connectivity index (χ2n) is 4.44. The van der Waals surface area contributed by atoms with E-state index in [1.165, 1.54) is 0 Å². The van der Waals surface area contributed by atoms with E-state index in [2.05, 4.69) is 22.6 Å². The Morgan fingerprint density at radius 1 is 1.05 bits per heavy atom. The van der Waals surface area contributed by atoms with Crippen molar-refractivity contribution < 1.29 is 19.1 Å². The van der Waals surface area contributed by atoms with Gasteiger partial charge in [0.25, 0.3) is 0 Å². The summed E-state index contributed by atoms with van der Waals surface area (Å²) in [7, 11) is 0. The van der Waals surface area contributed by atoms with Crippen molar-refractivity contribution in [2.75, 3.05) is 13.2 Å². The molecule has 0 aliphatic rings. The highest BCUT2D eigenvalue weighted by Crippen LogP contribution is 2.14. The Bertz CT molecular complexity index is 665. The van der Waals surface area contributed by atoms with Gasteiger partial charge in [0, 0.05) is 9.13 Å². The van der Waals surface area contributed by atoms with Crippen molar-refractivity contribution in [2.45, 2.75) is 6.92 Å². The molecule has 0 unspecified atom stereocenters. The van der Waals surface area contributed by atoms with Gasteiger partial charge in [-0.05, 0) is 65.9 Å². The molecule has 0 atom stereocenters. The Morgan fingerprint density at radius 3 is 2.36 bits per heavy atom. The van der Waals surface area contributed by atoms with Crippen molar-refractivity contribution in [1.29, 1.82) is 0 Å². The van der Waals surface area contributed by atoms with E-state index in [0.29, 0.717) is 23.5 Å². The summed E-state index contributed by atoms with van der Waals surface area (Å²) in [5.41, 5.74) is 0.946. The van der Waals surface area contributed by atoms with Gasteiger partial charge in [0.05, 0.1) is 12.2 Å². The van der Waals surface area contributed by atoms with Crippen molar-refractivity contribution in [1.82, 2.24) is 0 Å². The zero-order valence-corrected chi connectivity index (χ0v) is 14.2. The van der Waals surface area contributed by atoms with Gasteiger partial charge in [0.1, 0.15) is 5.75 Å². The van der Waals surface area contributed by atoms with Gasteiger partial charge in [-0.25, -0.2) is 4.79 Å². The summed E-state index contributed by atoms with van der Waals surface area (Å²) in [5.74, 6) is -0.0403. The molecule has 0 spiro atoms. The third-order valence-corrected chi connectivity index (χ3v) is 3.86. The fourth-order valence-corrected chi connectivity index (χ4v) is 2.43. The van der Waals surface area contributed by atoms with Gasteiger partial charge in [0.15, 0.2) is 12.4 Å². The van der Waals surface area contributed by atoms with Crippen LogP contribution < -0.4 is 4.74 Å². The van der Waals surface area contributed by atoms with Crippen LogP contribution in [0.5, 0.6) is 5.75 Å². The van der Waals surface area contributed by atoms with Crippen LogP contribution in [0.2, 0.25) is 0 Å². The SMILES string of the molecule is CCOc1ccc(C(=O)COC(=O)c2ccccc2I)cc1. The van der Waals surface area contributed by atoms with E-state index in [0.717, 1.165) is 3.57 Å². The summed E-state index contributed by atoms with van der Waals surface area (Å²) in [6, 6.07) is 13.8. The van der Waals surface area contributed by atoms with E-state index in [4.69, 9.17) is 9.47 Å². The van der Waals surface area contributed by atoms with E-state index in [1.54, 1.807) is 36.4 Å². The molecule has 0 N–H and O–H groups in total. The molecule has 0 saturated carbocycles. The van der Waals surface area contributed by atoms with E-state index in [9.17, 15) is 9.59 Å². The fraction of sp³-hybridized carbons (Fsp3) is 0.176. The summed E-state index contributed by atoms with van der Waals surface area (Å²) in [4.78, 5) is 24.0. The lowest BCUT2D eigenvalue weighted by atomic mass is 10.1. The molecular formula is C17H15IO4. The van der Waals surface area contributed by atoms with Gasteiger partial charge in [-0.1, -0.05) is 12.1 Å². The minimum Gasteiger partial charge on any atom is -0.494 e. The average molecular weight is 410 g/mol. The number of carbonyl (C=O) groups is 2. The summed E-state index contributed by atoms with van der Waals surface area (Å²) in [5, 5.41) is 0. The van der Waals surface area contributed by atoms with Crippen LogP contribution in [0.4, 0.5) is 0 Å². The highest BCUT2D eigenvalue weighted by molar-refractivity contribution is 14.1. The monoisotopic (exact) mass is 410 g/mol. The number of rotatable bonds is 6. The van der Waals surface area contributed by atoms with Crippen LogP contribution >= 0.6 is 22.6 Å². The summed E-state index contributed by atoms with van der Waals surface area (Å²) in [6.45, 7) is 2.18. The third kappa shape index (κ3) is 4.30. The maximum Gasteiger partial charge on any atom is 0.339 e. The molecule has 2 aromatic rings. The predicted octanol–water partition coefficient (Wildman–Crippen LogP) is 3.73. The maximum absolute atomic E-state index is 12.0. The largest absolute Gasteiger partial charge is 0.494 e. The van der Waals surface area contributed by atoms with Gasteiger partial charge in [-0.15, -0.1) is 0 Å². The van der Waals surface area contributed by atoms with Crippen molar-refractivity contribution in [3.63, 3.8) is 0 Å². The molecule has 2 aromatic carbocycles. The first kappa shape index (κ1) is 16.5. The number of ether oxygens (including phenoxy) is 2. The first-order chi connectivity index (χ1) is 10.6. The van der Waals surface area contributed by atoms with Gasteiger partial charge in [-0.3, -0.25) is 4.79 Å². The zero-order chi connectivity index (χ0) is 15.9. The Kier molecular flexibility index (Phi) is 5.94. The Morgan fingerprint density at radius 2 is 1.73 bits per heavy atom. The Balaban J connectivity index is 1.95. The van der Waals surface area contributed by atoms with E-state index < -0.39 is 5.97 Å². The van der Waals surface area contributed by atoms with Gasteiger partial charge >= 0.3 is 5.97 Å². The fourth-order valence-electron chi connectivity index (χ4n) is 1.82. The van der Waals surface area contributed by atoms with Gasteiger partial charge < -0.3 is 9.47 Å². The minimum absolute atomic E-state index is 0.248. The first-order valence-electron chi connectivity index (χ1n) is 6.79. The molecule has 0 fully saturated rings. The number of hydrogen-bond acceptors (Lipinski definition) is 4. The molecule has 5 heteroatoms. The third-order valence-electron chi connectivity index (χ3n) is 2.92. The van der Waals surface area contributed by atoms with Crippen LogP contribution in [0.15, 0.2) is 48.5 Å². The maximum atomic E-state index is 12.0. The minimum atomic E-state index is -0.496.